The highest BCUT2D eigenvalue weighted by molar-refractivity contribution is 5.96. The molecule has 2 heterocycles. The number of nitrogens with zero attached hydrogens (tertiary/aromatic N) is 2. The molecule has 4 rings (SSSR count). The van der Waals surface area contributed by atoms with E-state index in [2.05, 4.69) is 11.8 Å². The molecule has 5 nitrogen and oxygen atoms in total. The zero-order chi connectivity index (χ0) is 23.4. The summed E-state index contributed by atoms with van der Waals surface area (Å²) in [4.78, 5) is 26.1. The Morgan fingerprint density at radius 2 is 1.94 bits per heavy atom. The first-order chi connectivity index (χ1) is 15.9. The summed E-state index contributed by atoms with van der Waals surface area (Å²) in [5.74, 6) is 0.698. The van der Waals surface area contributed by atoms with E-state index < -0.39 is 0 Å². The molecule has 1 fully saturated rings. The third-order valence-electron chi connectivity index (χ3n) is 7.14. The zero-order valence-corrected chi connectivity index (χ0v) is 19.6. The summed E-state index contributed by atoms with van der Waals surface area (Å²) < 4.78 is 21.2. The van der Waals surface area contributed by atoms with Crippen LogP contribution in [0.3, 0.4) is 0 Å². The molecule has 3 aromatic rings. The smallest absolute Gasteiger partial charge is 0.408 e. The fourth-order valence-corrected chi connectivity index (χ4v) is 5.09. The normalized spacial score (nSPS) is 19.4. The number of para-hydroxylation sites is 1. The van der Waals surface area contributed by atoms with Gasteiger partial charge in [0.2, 0.25) is 0 Å². The highest BCUT2D eigenvalue weighted by Gasteiger charge is 2.22. The van der Waals surface area contributed by atoms with Gasteiger partial charge < -0.3 is 9.32 Å². The Labute approximate surface area is 194 Å². The van der Waals surface area contributed by atoms with E-state index in [4.69, 9.17) is 4.42 Å². The number of carbonyl (C=O) groups excluding carboxylic acids is 1. The second-order valence-electron chi connectivity index (χ2n) is 9.36. The third-order valence-corrected chi connectivity index (χ3v) is 7.14. The van der Waals surface area contributed by atoms with Crippen LogP contribution in [0, 0.1) is 17.7 Å². The molecule has 0 aliphatic carbocycles. The molecule has 33 heavy (non-hydrogen) atoms. The number of Topliss-reactive ketones (excluding diaryl/α,β-unsaturated/α-hetero) is 1. The number of carbonyl (C=O) groups is 1. The Hall–Kier alpha value is -2.89. The summed E-state index contributed by atoms with van der Waals surface area (Å²) in [6, 6.07) is 12.3. The van der Waals surface area contributed by atoms with Gasteiger partial charge in [0.1, 0.15) is 5.82 Å². The van der Waals surface area contributed by atoms with E-state index in [1.165, 1.54) is 13.0 Å². The standard InChI is InChI=1S/C27H33FN2O3/c1-19-14-17-29(24-11-4-3-10-23(24)28)15-7-9-21(19)8-5-6-16-30-25-13-12-22(20(2)31)18-26(25)33-27(30)32/h3-4,10-13,18-19,21H,5-9,14-17H2,1-2H3. The van der Waals surface area contributed by atoms with E-state index >= 15 is 0 Å². The van der Waals surface area contributed by atoms with Crippen LogP contribution >= 0.6 is 0 Å². The van der Waals surface area contributed by atoms with Crippen molar-refractivity contribution in [2.75, 3.05) is 18.0 Å². The van der Waals surface area contributed by atoms with Gasteiger partial charge in [-0.3, -0.25) is 9.36 Å². The van der Waals surface area contributed by atoms with E-state index in [1.807, 2.05) is 12.1 Å². The predicted molar refractivity (Wildman–Crippen MR) is 129 cm³/mol. The molecule has 2 unspecified atom stereocenters. The number of aromatic nitrogens is 1. The minimum atomic E-state index is -0.363. The molecule has 2 atom stereocenters. The quantitative estimate of drug-likeness (QED) is 0.323. The van der Waals surface area contributed by atoms with Gasteiger partial charge in [0.15, 0.2) is 11.4 Å². The van der Waals surface area contributed by atoms with Crippen molar-refractivity contribution in [2.45, 2.75) is 58.9 Å². The van der Waals surface area contributed by atoms with Crippen LogP contribution < -0.4 is 10.7 Å². The SMILES string of the molecule is CC(=O)c1ccc2c(c1)oc(=O)n2CCCCC1CCCN(c2ccccc2F)CCC1C. The average Bonchev–Trinajstić information content (AvgIpc) is 3.10. The number of ketones is 1. The summed E-state index contributed by atoms with van der Waals surface area (Å²) in [6.45, 7) is 6.22. The second-order valence-corrected chi connectivity index (χ2v) is 9.36. The molecule has 176 valence electrons. The predicted octanol–water partition coefficient (Wildman–Crippen LogP) is 6.05. The first-order valence-electron chi connectivity index (χ1n) is 12.1. The summed E-state index contributed by atoms with van der Waals surface area (Å²) in [5, 5.41) is 0. The maximum atomic E-state index is 14.2. The van der Waals surface area contributed by atoms with Crippen LogP contribution in [-0.2, 0) is 6.54 Å². The van der Waals surface area contributed by atoms with Crippen molar-refractivity contribution in [3.8, 4) is 0 Å². The van der Waals surface area contributed by atoms with E-state index in [0.29, 0.717) is 29.5 Å². The lowest BCUT2D eigenvalue weighted by atomic mass is 9.82. The van der Waals surface area contributed by atoms with Gasteiger partial charge in [0.25, 0.3) is 0 Å². The van der Waals surface area contributed by atoms with Gasteiger partial charge in [-0.2, -0.15) is 0 Å². The lowest BCUT2D eigenvalue weighted by Gasteiger charge is -2.33. The number of hydrogen-bond acceptors (Lipinski definition) is 4. The van der Waals surface area contributed by atoms with E-state index in [9.17, 15) is 14.0 Å². The van der Waals surface area contributed by atoms with Crippen molar-refractivity contribution in [2.24, 2.45) is 11.8 Å². The minimum absolute atomic E-state index is 0.0438. The van der Waals surface area contributed by atoms with Gasteiger partial charge in [-0.25, -0.2) is 9.18 Å². The fraction of sp³-hybridized carbons (Fsp3) is 0.481. The molecular formula is C27H33FN2O3. The monoisotopic (exact) mass is 452 g/mol. The van der Waals surface area contributed by atoms with Gasteiger partial charge in [0.05, 0.1) is 11.2 Å². The number of rotatable bonds is 7. The molecule has 1 aliphatic rings. The Morgan fingerprint density at radius 1 is 1.12 bits per heavy atom. The molecule has 0 spiro atoms. The Balaban J connectivity index is 1.30. The Morgan fingerprint density at radius 3 is 2.73 bits per heavy atom. The fourth-order valence-electron chi connectivity index (χ4n) is 5.09. The van der Waals surface area contributed by atoms with Crippen LogP contribution in [0.15, 0.2) is 51.7 Å². The summed E-state index contributed by atoms with van der Waals surface area (Å²) >= 11 is 0. The van der Waals surface area contributed by atoms with E-state index in [0.717, 1.165) is 62.8 Å². The maximum absolute atomic E-state index is 14.2. The maximum Gasteiger partial charge on any atom is 0.419 e. The number of hydrogen-bond donors (Lipinski definition) is 0. The van der Waals surface area contributed by atoms with Gasteiger partial charge in [-0.05, 0) is 74.8 Å². The molecule has 0 saturated carbocycles. The van der Waals surface area contributed by atoms with Gasteiger partial charge in [0, 0.05) is 25.2 Å². The molecule has 0 N–H and O–H groups in total. The van der Waals surface area contributed by atoms with Crippen molar-refractivity contribution in [3.05, 3.63) is 64.4 Å². The van der Waals surface area contributed by atoms with Crippen molar-refractivity contribution in [1.82, 2.24) is 4.57 Å². The highest BCUT2D eigenvalue weighted by Crippen LogP contribution is 2.31. The Bertz CT molecular complexity index is 1170. The summed E-state index contributed by atoms with van der Waals surface area (Å²) in [6.07, 6.45) is 6.37. The van der Waals surface area contributed by atoms with Crippen LogP contribution in [-0.4, -0.2) is 23.4 Å². The van der Waals surface area contributed by atoms with Crippen LogP contribution in [0.25, 0.3) is 11.1 Å². The van der Waals surface area contributed by atoms with Crippen LogP contribution in [0.2, 0.25) is 0 Å². The van der Waals surface area contributed by atoms with Crippen molar-refractivity contribution in [3.63, 3.8) is 0 Å². The molecule has 0 bridgehead atoms. The van der Waals surface area contributed by atoms with Crippen LogP contribution in [0.4, 0.5) is 10.1 Å². The highest BCUT2D eigenvalue weighted by atomic mass is 19.1. The van der Waals surface area contributed by atoms with E-state index in [1.54, 1.807) is 28.8 Å². The van der Waals surface area contributed by atoms with Gasteiger partial charge >= 0.3 is 5.76 Å². The number of aryl methyl sites for hydroxylation is 1. The summed E-state index contributed by atoms with van der Waals surface area (Å²) in [7, 11) is 0. The van der Waals surface area contributed by atoms with Crippen molar-refractivity contribution < 1.29 is 13.6 Å². The van der Waals surface area contributed by atoms with Gasteiger partial charge in [-0.1, -0.05) is 31.9 Å². The zero-order valence-electron chi connectivity index (χ0n) is 19.6. The molecule has 1 aliphatic heterocycles. The van der Waals surface area contributed by atoms with Crippen molar-refractivity contribution in [1.29, 1.82) is 0 Å². The number of anilines is 1. The number of benzene rings is 2. The number of unbranched alkanes of at least 4 members (excludes halogenated alkanes) is 1. The molecule has 0 radical (unpaired) electrons. The van der Waals surface area contributed by atoms with Gasteiger partial charge in [-0.15, -0.1) is 0 Å². The van der Waals surface area contributed by atoms with Crippen molar-refractivity contribution >= 4 is 22.6 Å². The topological polar surface area (TPSA) is 55.5 Å². The van der Waals surface area contributed by atoms with E-state index in [-0.39, 0.29) is 17.4 Å². The lowest BCUT2D eigenvalue weighted by molar-refractivity contribution is 0.101. The van der Waals surface area contributed by atoms with Crippen LogP contribution in [0.5, 0.6) is 0 Å². The lowest BCUT2D eigenvalue weighted by Crippen LogP contribution is -2.32. The third kappa shape index (κ3) is 5.37. The first-order valence-corrected chi connectivity index (χ1v) is 12.1. The van der Waals surface area contributed by atoms with Crippen LogP contribution in [0.1, 0.15) is 62.7 Å². The molecule has 1 aromatic heterocycles. The second kappa shape index (κ2) is 10.4. The largest absolute Gasteiger partial charge is 0.419 e. The first kappa shape index (κ1) is 23.3. The molecule has 0 amide bonds. The summed E-state index contributed by atoms with van der Waals surface area (Å²) in [5.41, 5.74) is 2.49. The molecule has 6 heteroatoms. The molecule has 2 aromatic carbocycles. The average molecular weight is 453 g/mol. The Kier molecular flexibility index (Phi) is 7.31. The minimum Gasteiger partial charge on any atom is -0.408 e. The number of oxazole rings is 1. The number of fused-ring (bicyclic) bond motifs is 1. The number of halogens is 1. The molecule has 1 saturated heterocycles. The molecular weight excluding hydrogens is 419 g/mol.